The molecule has 0 N–H and O–H groups in total. The Morgan fingerprint density at radius 3 is 2.62 bits per heavy atom. The lowest BCUT2D eigenvalue weighted by atomic mass is 10.2. The molecule has 1 aromatic carbocycles. The molecule has 0 aliphatic heterocycles. The molecule has 0 saturated carbocycles. The molecule has 0 spiro atoms. The van der Waals surface area contributed by atoms with E-state index in [1.807, 2.05) is 0 Å². The normalized spacial score (nSPS) is 11.2. The number of hydrogen-bond acceptors (Lipinski definition) is 6. The first-order valence-electron chi connectivity index (χ1n) is 7.03. The smallest absolute Gasteiger partial charge is 0.269 e. The average molecular weight is 322 g/mol. The van der Waals surface area contributed by atoms with Crippen LogP contribution in [-0.2, 0) is 0 Å². The fraction of sp³-hybridized carbons (Fsp3) is 0.0667. The van der Waals surface area contributed by atoms with Crippen LogP contribution in [0, 0.1) is 17.0 Å². The van der Waals surface area contributed by atoms with Gasteiger partial charge >= 0.3 is 0 Å². The maximum atomic E-state index is 12.7. The fourth-order valence-corrected chi connectivity index (χ4v) is 2.56. The second-order valence-corrected chi connectivity index (χ2v) is 5.19. The first-order valence-corrected chi connectivity index (χ1v) is 7.03. The molecule has 9 nitrogen and oxygen atoms in total. The van der Waals surface area contributed by atoms with Crippen molar-refractivity contribution in [1.82, 2.24) is 24.1 Å². The van der Waals surface area contributed by atoms with Crippen LogP contribution in [-0.4, -0.2) is 29.1 Å². The third-order valence-corrected chi connectivity index (χ3v) is 3.68. The van der Waals surface area contributed by atoms with Crippen molar-refractivity contribution in [3.05, 3.63) is 69.0 Å². The number of nitrogens with zero attached hydrogens (tertiary/aromatic N) is 6. The van der Waals surface area contributed by atoms with Crippen molar-refractivity contribution < 1.29 is 4.92 Å². The highest BCUT2D eigenvalue weighted by Crippen LogP contribution is 2.16. The van der Waals surface area contributed by atoms with Crippen LogP contribution < -0.4 is 5.56 Å². The van der Waals surface area contributed by atoms with E-state index in [1.54, 1.807) is 19.2 Å². The molecule has 3 heterocycles. The third-order valence-electron chi connectivity index (χ3n) is 3.68. The van der Waals surface area contributed by atoms with Gasteiger partial charge in [0, 0.05) is 30.2 Å². The van der Waals surface area contributed by atoms with E-state index in [9.17, 15) is 14.9 Å². The van der Waals surface area contributed by atoms with Crippen molar-refractivity contribution in [3.8, 4) is 5.69 Å². The predicted molar refractivity (Wildman–Crippen MR) is 85.3 cm³/mol. The topological polar surface area (TPSA) is 108 Å². The largest absolute Gasteiger partial charge is 0.284 e. The quantitative estimate of drug-likeness (QED) is 0.410. The summed E-state index contributed by atoms with van der Waals surface area (Å²) in [5.41, 5.74) is 0.809. The molecular weight excluding hydrogens is 312 g/mol. The summed E-state index contributed by atoms with van der Waals surface area (Å²) in [6, 6.07) is 7.50. The lowest BCUT2D eigenvalue weighted by Crippen LogP contribution is -2.18. The third kappa shape index (κ3) is 2.02. The van der Waals surface area contributed by atoms with Gasteiger partial charge in [0.1, 0.15) is 5.82 Å². The van der Waals surface area contributed by atoms with Crippen LogP contribution in [0.2, 0.25) is 0 Å². The van der Waals surface area contributed by atoms with E-state index in [2.05, 4.69) is 15.1 Å². The van der Waals surface area contributed by atoms with Crippen molar-refractivity contribution in [2.45, 2.75) is 6.92 Å². The summed E-state index contributed by atoms with van der Waals surface area (Å²) in [6.07, 6.45) is 3.06. The van der Waals surface area contributed by atoms with Crippen molar-refractivity contribution >= 4 is 22.4 Å². The zero-order valence-corrected chi connectivity index (χ0v) is 12.4. The molecular formula is C15H10N6O3. The van der Waals surface area contributed by atoms with Gasteiger partial charge in [0.15, 0.2) is 0 Å². The molecule has 9 heteroatoms. The van der Waals surface area contributed by atoms with Gasteiger partial charge in [-0.1, -0.05) is 0 Å². The number of aromatic nitrogens is 5. The van der Waals surface area contributed by atoms with Gasteiger partial charge in [-0.2, -0.15) is 9.50 Å². The zero-order valence-electron chi connectivity index (χ0n) is 12.4. The van der Waals surface area contributed by atoms with Gasteiger partial charge in [0.2, 0.25) is 0 Å². The first kappa shape index (κ1) is 14.0. The summed E-state index contributed by atoms with van der Waals surface area (Å²) in [7, 11) is 0. The van der Waals surface area contributed by atoms with Gasteiger partial charge in [-0.15, -0.1) is 5.10 Å². The standard InChI is InChI=1S/C15H10N6O3/c1-9-17-15-16-8-12-13(20(15)18-9)6-7-19(14(12)22)10-2-4-11(5-3-10)21(23)24/h2-8H,1H3. The highest BCUT2D eigenvalue weighted by Gasteiger charge is 2.11. The molecule has 0 atom stereocenters. The minimum absolute atomic E-state index is 0.0333. The van der Waals surface area contributed by atoms with E-state index in [1.165, 1.54) is 39.5 Å². The van der Waals surface area contributed by atoms with Crippen LogP contribution in [0.5, 0.6) is 0 Å². The van der Waals surface area contributed by atoms with E-state index >= 15 is 0 Å². The average Bonchev–Trinajstić information content (AvgIpc) is 2.96. The molecule has 118 valence electrons. The van der Waals surface area contributed by atoms with Gasteiger partial charge < -0.3 is 0 Å². The van der Waals surface area contributed by atoms with Gasteiger partial charge in [0.05, 0.1) is 15.8 Å². The highest BCUT2D eigenvalue weighted by atomic mass is 16.6. The maximum Gasteiger partial charge on any atom is 0.269 e. The predicted octanol–water partition coefficient (Wildman–Crippen LogP) is 1.65. The number of benzene rings is 1. The molecule has 0 saturated heterocycles. The second kappa shape index (κ2) is 4.95. The maximum absolute atomic E-state index is 12.7. The number of aryl methyl sites for hydroxylation is 1. The van der Waals surface area contributed by atoms with Crippen molar-refractivity contribution in [2.24, 2.45) is 0 Å². The molecule has 0 aliphatic carbocycles. The Morgan fingerprint density at radius 1 is 1.17 bits per heavy atom. The number of nitro groups is 1. The molecule has 0 fully saturated rings. The Kier molecular flexibility index (Phi) is 2.89. The molecule has 24 heavy (non-hydrogen) atoms. The summed E-state index contributed by atoms with van der Waals surface area (Å²) < 4.78 is 2.93. The molecule has 0 aliphatic rings. The Balaban J connectivity index is 1.94. The first-order chi connectivity index (χ1) is 11.5. The number of non-ortho nitro benzene ring substituents is 1. The zero-order chi connectivity index (χ0) is 16.8. The number of hydrogen-bond donors (Lipinski definition) is 0. The van der Waals surface area contributed by atoms with E-state index in [0.717, 1.165) is 0 Å². The summed E-state index contributed by atoms with van der Waals surface area (Å²) in [5, 5.41) is 15.3. The minimum Gasteiger partial charge on any atom is -0.284 e. The summed E-state index contributed by atoms with van der Waals surface area (Å²) in [4.78, 5) is 31.3. The monoisotopic (exact) mass is 322 g/mol. The van der Waals surface area contributed by atoms with Crippen LogP contribution in [0.4, 0.5) is 5.69 Å². The van der Waals surface area contributed by atoms with E-state index in [0.29, 0.717) is 28.2 Å². The molecule has 0 unspecified atom stereocenters. The van der Waals surface area contributed by atoms with E-state index in [4.69, 9.17) is 0 Å². The van der Waals surface area contributed by atoms with Gasteiger partial charge in [0.25, 0.3) is 17.0 Å². The molecule has 4 aromatic rings. The number of nitro benzene ring substituents is 1. The number of fused-ring (bicyclic) bond motifs is 3. The van der Waals surface area contributed by atoms with Crippen molar-refractivity contribution in [2.75, 3.05) is 0 Å². The summed E-state index contributed by atoms with van der Waals surface area (Å²) >= 11 is 0. The SMILES string of the molecule is Cc1nc2ncc3c(=O)n(-c4ccc([N+](=O)[O-])cc4)ccc3n2n1. The Morgan fingerprint density at radius 2 is 1.92 bits per heavy atom. The number of pyridine rings is 1. The van der Waals surface area contributed by atoms with Crippen LogP contribution in [0.1, 0.15) is 5.82 Å². The Labute approximate surface area is 134 Å². The van der Waals surface area contributed by atoms with Gasteiger partial charge in [-0.05, 0) is 25.1 Å². The number of rotatable bonds is 2. The fourth-order valence-electron chi connectivity index (χ4n) is 2.56. The van der Waals surface area contributed by atoms with Crippen molar-refractivity contribution in [1.29, 1.82) is 0 Å². The van der Waals surface area contributed by atoms with Crippen LogP contribution in [0.25, 0.3) is 22.4 Å². The molecule has 0 bridgehead atoms. The highest BCUT2D eigenvalue weighted by molar-refractivity contribution is 5.78. The van der Waals surface area contributed by atoms with Crippen LogP contribution in [0.15, 0.2) is 47.5 Å². The van der Waals surface area contributed by atoms with Crippen molar-refractivity contribution in [3.63, 3.8) is 0 Å². The van der Waals surface area contributed by atoms with Gasteiger partial charge in [-0.25, -0.2) is 4.98 Å². The van der Waals surface area contributed by atoms with Gasteiger partial charge in [-0.3, -0.25) is 19.5 Å². The summed E-state index contributed by atoms with van der Waals surface area (Å²) in [6.45, 7) is 1.75. The minimum atomic E-state index is -0.485. The Bertz CT molecular complexity index is 1160. The second-order valence-electron chi connectivity index (χ2n) is 5.19. The van der Waals surface area contributed by atoms with E-state index < -0.39 is 4.92 Å². The molecule has 0 amide bonds. The molecule has 4 rings (SSSR count). The lowest BCUT2D eigenvalue weighted by Gasteiger charge is -2.07. The lowest BCUT2D eigenvalue weighted by molar-refractivity contribution is -0.384. The van der Waals surface area contributed by atoms with Crippen LogP contribution in [0.3, 0.4) is 0 Å². The summed E-state index contributed by atoms with van der Waals surface area (Å²) in [5.74, 6) is 0.988. The molecule has 3 aromatic heterocycles. The van der Waals surface area contributed by atoms with Crippen LogP contribution >= 0.6 is 0 Å². The Hall–Kier alpha value is -3.62. The van der Waals surface area contributed by atoms with E-state index in [-0.39, 0.29) is 11.2 Å². The molecule has 0 radical (unpaired) electrons.